The van der Waals surface area contributed by atoms with Gasteiger partial charge in [-0.2, -0.15) is 0 Å². The minimum atomic E-state index is -1.17. The molecule has 8 atom stereocenters. The van der Waals surface area contributed by atoms with Crippen LogP contribution in [0.2, 0.25) is 5.02 Å². The van der Waals surface area contributed by atoms with E-state index >= 15 is 0 Å². The van der Waals surface area contributed by atoms with Gasteiger partial charge in [-0.25, -0.2) is 4.79 Å². The first-order valence-electron chi connectivity index (χ1n) is 23.7. The lowest BCUT2D eigenvalue weighted by molar-refractivity contribution is -0.157. The second kappa shape index (κ2) is 25.2. The summed E-state index contributed by atoms with van der Waals surface area (Å²) in [5.41, 5.74) is 0.704. The zero-order valence-electron chi connectivity index (χ0n) is 41.9. The Morgan fingerprint density at radius 1 is 0.914 bits per heavy atom. The second-order valence-corrected chi connectivity index (χ2v) is 20.8. The van der Waals surface area contributed by atoms with Crippen LogP contribution in [0.1, 0.15) is 117 Å². The average molecular weight is 996 g/mol. The molecule has 2 heterocycles. The number of halogens is 1. The van der Waals surface area contributed by atoms with Gasteiger partial charge in [0.15, 0.2) is 0 Å². The normalized spacial score (nSPS) is 22.7. The number of esters is 1. The summed E-state index contributed by atoms with van der Waals surface area (Å²) in [6, 6.07) is 8.57. The summed E-state index contributed by atoms with van der Waals surface area (Å²) in [6.45, 7) is 16.1. The number of carboxylic acids is 1. The maximum atomic E-state index is 14.1. The Hall–Kier alpha value is -6.01. The van der Waals surface area contributed by atoms with E-state index < -0.39 is 94.4 Å². The molecule has 0 aliphatic carbocycles. The summed E-state index contributed by atoms with van der Waals surface area (Å²) in [7, 11) is 1.49. The SMILES string of the molecule is COc1ccc(C[C@H]2NC(=O)/C=C/C[C@@H]([C@H](C)[C@H]3O[C@@H]3c3ccc(CNC(=O)[C@H](C)NC(=O)[C@@H](NC(=O)CCCC(=O)O)C(C)C)cc3)OC(=O)[C@H](CC(C)(C)C)NC(=O)C(C)(C)CNC2=O)cc1Cl. The molecule has 4 rings (SSSR count). The lowest BCUT2D eigenvalue weighted by Crippen LogP contribution is -2.54. The molecule has 384 valence electrons. The topological polar surface area (TPSA) is 260 Å². The first-order chi connectivity index (χ1) is 32.8. The fourth-order valence-electron chi connectivity index (χ4n) is 7.80. The summed E-state index contributed by atoms with van der Waals surface area (Å²) >= 11 is 6.38. The van der Waals surface area contributed by atoms with Gasteiger partial charge in [0.2, 0.25) is 35.4 Å². The lowest BCUT2D eigenvalue weighted by atomic mass is 9.86. The van der Waals surface area contributed by atoms with Crippen LogP contribution in [-0.4, -0.2) is 103 Å². The maximum Gasteiger partial charge on any atom is 0.328 e. The molecular weight excluding hydrogens is 924 g/mol. The lowest BCUT2D eigenvalue weighted by Gasteiger charge is -2.32. The molecule has 0 saturated carbocycles. The minimum Gasteiger partial charge on any atom is -0.495 e. The third-order valence-corrected chi connectivity index (χ3v) is 12.4. The Labute approximate surface area is 415 Å². The van der Waals surface area contributed by atoms with E-state index in [0.717, 1.165) is 11.1 Å². The molecule has 0 radical (unpaired) electrons. The number of aliphatic carboxylic acids is 1. The van der Waals surface area contributed by atoms with Gasteiger partial charge in [-0.05, 0) is 79.8 Å². The molecule has 0 unspecified atom stereocenters. The second-order valence-electron chi connectivity index (χ2n) is 20.3. The van der Waals surface area contributed by atoms with Crippen molar-refractivity contribution in [2.24, 2.45) is 22.7 Å². The van der Waals surface area contributed by atoms with Gasteiger partial charge in [0, 0.05) is 44.7 Å². The van der Waals surface area contributed by atoms with Crippen molar-refractivity contribution in [3.63, 3.8) is 0 Å². The fourth-order valence-corrected chi connectivity index (χ4v) is 8.08. The quantitative estimate of drug-likeness (QED) is 0.0799. The largest absolute Gasteiger partial charge is 0.495 e. The Morgan fingerprint density at radius 2 is 1.59 bits per heavy atom. The number of carbonyl (C=O) groups is 8. The number of carboxylic acid groups (broad SMARTS) is 1. The first-order valence-corrected chi connectivity index (χ1v) is 24.1. The Kier molecular flexibility index (Phi) is 20.4. The van der Waals surface area contributed by atoms with Crippen molar-refractivity contribution < 1.29 is 57.7 Å². The molecule has 0 aromatic heterocycles. The molecule has 0 spiro atoms. The third-order valence-electron chi connectivity index (χ3n) is 12.1. The predicted molar refractivity (Wildman–Crippen MR) is 261 cm³/mol. The Morgan fingerprint density at radius 3 is 2.20 bits per heavy atom. The Balaban J connectivity index is 1.45. The summed E-state index contributed by atoms with van der Waals surface area (Å²) in [4.78, 5) is 104. The van der Waals surface area contributed by atoms with Gasteiger partial charge in [-0.1, -0.05) is 89.6 Å². The first kappa shape index (κ1) is 56.6. The van der Waals surface area contributed by atoms with Crippen LogP contribution in [0, 0.1) is 22.7 Å². The molecule has 2 aliphatic heterocycles. The number of hydrogen-bond acceptors (Lipinski definition) is 11. The van der Waals surface area contributed by atoms with E-state index in [1.54, 1.807) is 52.0 Å². The van der Waals surface area contributed by atoms with Crippen molar-refractivity contribution in [1.82, 2.24) is 31.9 Å². The molecule has 70 heavy (non-hydrogen) atoms. The highest BCUT2D eigenvalue weighted by Gasteiger charge is 2.48. The predicted octanol–water partition coefficient (Wildman–Crippen LogP) is 4.60. The van der Waals surface area contributed by atoms with Crippen LogP contribution in [0.25, 0.3) is 0 Å². The van der Waals surface area contributed by atoms with E-state index in [9.17, 15) is 38.4 Å². The monoisotopic (exact) mass is 994 g/mol. The van der Waals surface area contributed by atoms with Gasteiger partial charge in [-0.3, -0.25) is 33.6 Å². The van der Waals surface area contributed by atoms with Gasteiger partial charge in [0.05, 0.1) is 23.7 Å². The average Bonchev–Trinajstić information content (AvgIpc) is 4.08. The van der Waals surface area contributed by atoms with Crippen molar-refractivity contribution in [2.45, 2.75) is 150 Å². The van der Waals surface area contributed by atoms with Crippen LogP contribution in [-0.2, 0) is 60.8 Å². The molecule has 7 N–H and O–H groups in total. The standard InChI is InChI=1S/C51H71ClN6O12/c1-28(2)42(58-40(60)15-12-16-41(61)62)47(65)55-30(4)45(63)53-26-31-17-20-33(21-18-31)44-43(70-44)29(3)37-13-11-14-39(59)56-35(24-32-19-22-38(68-10)34(52)23-32)46(64)54-27-51(8,9)49(67)57-36(48(66)69-37)25-50(5,6)7/h11,14,17-23,28-30,35-37,42-44H,12-13,15-16,24-27H2,1-10H3,(H,53,63)(H,54,64)(H,55,65)(H,56,59)(H,57,67)(H,58,60)(H,61,62)/b14-11+/t29-,30-,35+,36-,37-,42-,43+,44+/m0/s1. The number of rotatable bonds is 18. The number of cyclic esters (lactones) is 1. The number of epoxide rings is 1. The molecule has 18 nitrogen and oxygen atoms in total. The van der Waals surface area contributed by atoms with Crippen LogP contribution in [0.3, 0.4) is 0 Å². The number of benzene rings is 2. The highest BCUT2D eigenvalue weighted by Crippen LogP contribution is 2.45. The highest BCUT2D eigenvalue weighted by atomic mass is 35.5. The number of amides is 6. The molecule has 6 amide bonds. The van der Waals surface area contributed by atoms with Crippen LogP contribution in [0.15, 0.2) is 54.6 Å². The van der Waals surface area contributed by atoms with Gasteiger partial charge < -0.3 is 51.2 Å². The van der Waals surface area contributed by atoms with Gasteiger partial charge >= 0.3 is 11.9 Å². The van der Waals surface area contributed by atoms with E-state index in [2.05, 4.69) is 31.9 Å². The van der Waals surface area contributed by atoms with Crippen molar-refractivity contribution in [3.8, 4) is 5.75 Å². The van der Waals surface area contributed by atoms with E-state index in [1.165, 1.54) is 20.1 Å². The zero-order chi connectivity index (χ0) is 52.1. The van der Waals surface area contributed by atoms with Gasteiger partial charge in [0.1, 0.15) is 42.1 Å². The molecule has 2 aromatic carbocycles. The van der Waals surface area contributed by atoms with Crippen molar-refractivity contribution in [2.75, 3.05) is 13.7 Å². The summed E-state index contributed by atoms with van der Waals surface area (Å²) in [5.74, 6) is -4.88. The maximum absolute atomic E-state index is 14.1. The third kappa shape index (κ3) is 17.4. The van der Waals surface area contributed by atoms with E-state index in [1.807, 2.05) is 52.0 Å². The zero-order valence-corrected chi connectivity index (χ0v) is 42.6. The molecule has 19 heteroatoms. The molecule has 1 saturated heterocycles. The Bertz CT molecular complexity index is 2240. The highest BCUT2D eigenvalue weighted by molar-refractivity contribution is 6.32. The van der Waals surface area contributed by atoms with Crippen molar-refractivity contribution in [3.05, 3.63) is 76.3 Å². The van der Waals surface area contributed by atoms with E-state index in [4.69, 9.17) is 30.9 Å². The molecular formula is C51H71ClN6O12. The number of carbonyl (C=O) groups excluding carboxylic acids is 7. The molecule has 2 aromatic rings. The smallest absolute Gasteiger partial charge is 0.328 e. The van der Waals surface area contributed by atoms with Crippen LogP contribution < -0.4 is 36.6 Å². The van der Waals surface area contributed by atoms with Gasteiger partial charge in [0.25, 0.3) is 0 Å². The minimum absolute atomic E-state index is 0.0478. The summed E-state index contributed by atoms with van der Waals surface area (Å²) in [6.07, 6.45) is 1.72. The molecule has 1 fully saturated rings. The van der Waals surface area contributed by atoms with Gasteiger partial charge in [-0.15, -0.1) is 0 Å². The number of ether oxygens (including phenoxy) is 3. The molecule has 0 bridgehead atoms. The number of hydrogen-bond donors (Lipinski definition) is 7. The summed E-state index contributed by atoms with van der Waals surface area (Å²) < 4.78 is 17.7. The summed E-state index contributed by atoms with van der Waals surface area (Å²) in [5, 5.41) is 25.8. The van der Waals surface area contributed by atoms with Crippen molar-refractivity contribution in [1.29, 1.82) is 0 Å². The number of nitrogens with one attached hydrogen (secondary N) is 6. The van der Waals surface area contributed by atoms with E-state index in [0.29, 0.717) is 16.3 Å². The van der Waals surface area contributed by atoms with Crippen LogP contribution in [0.4, 0.5) is 0 Å². The fraction of sp³-hybridized carbons (Fsp3) is 0.569. The molecule has 2 aliphatic rings. The van der Waals surface area contributed by atoms with Crippen LogP contribution in [0.5, 0.6) is 5.75 Å². The van der Waals surface area contributed by atoms with Crippen LogP contribution >= 0.6 is 11.6 Å². The van der Waals surface area contributed by atoms with Crippen molar-refractivity contribution >= 4 is 59.0 Å². The number of methoxy groups -OCH3 is 1. The van der Waals surface area contributed by atoms with E-state index in [-0.39, 0.29) is 69.7 Å².